The van der Waals surface area contributed by atoms with Gasteiger partial charge in [-0.3, -0.25) is 9.78 Å². The fraction of sp³-hybridized carbons (Fsp3) is 0.143. The molecule has 1 aromatic heterocycles. The number of amides is 1. The molecule has 26 heavy (non-hydrogen) atoms. The van der Waals surface area contributed by atoms with Gasteiger partial charge >= 0.3 is 0 Å². The van der Waals surface area contributed by atoms with Crippen molar-refractivity contribution in [2.24, 2.45) is 0 Å². The summed E-state index contributed by atoms with van der Waals surface area (Å²) in [6.45, 7) is 1.77. The Hall–Kier alpha value is -2.85. The third-order valence-electron chi connectivity index (χ3n) is 4.55. The van der Waals surface area contributed by atoms with Gasteiger partial charge in [-0.25, -0.2) is 0 Å². The summed E-state index contributed by atoms with van der Waals surface area (Å²) in [6, 6.07) is 19.4. The van der Waals surface area contributed by atoms with Gasteiger partial charge in [0.25, 0.3) is 5.91 Å². The fourth-order valence-corrected chi connectivity index (χ4v) is 3.41. The van der Waals surface area contributed by atoms with Crippen molar-refractivity contribution < 1.29 is 4.79 Å². The van der Waals surface area contributed by atoms with E-state index in [2.05, 4.69) is 39.5 Å². The highest BCUT2D eigenvalue weighted by molar-refractivity contribution is 6.30. The summed E-state index contributed by atoms with van der Waals surface area (Å²) < 4.78 is 0. The topological polar surface area (TPSA) is 45.2 Å². The average molecular weight is 364 g/mol. The van der Waals surface area contributed by atoms with Crippen molar-refractivity contribution in [1.29, 1.82) is 0 Å². The first-order chi connectivity index (χ1) is 12.7. The number of fused-ring (bicyclic) bond motifs is 1. The summed E-state index contributed by atoms with van der Waals surface area (Å²) in [5.41, 5.74) is 4.78. The lowest BCUT2D eigenvalue weighted by atomic mass is 9.99. The normalized spacial score (nSPS) is 13.2. The van der Waals surface area contributed by atoms with Crippen molar-refractivity contribution in [3.63, 3.8) is 0 Å². The number of carbonyl (C=O) groups excluding carboxylic acids is 1. The van der Waals surface area contributed by atoms with E-state index in [1.54, 1.807) is 30.5 Å². The number of nitrogens with zero attached hydrogens (tertiary/aromatic N) is 2. The van der Waals surface area contributed by atoms with Gasteiger partial charge in [-0.2, -0.15) is 0 Å². The average Bonchev–Trinajstić information content (AvgIpc) is 2.68. The van der Waals surface area contributed by atoms with Crippen LogP contribution in [0.15, 0.2) is 66.9 Å². The highest BCUT2D eigenvalue weighted by atomic mass is 35.5. The van der Waals surface area contributed by atoms with Crippen molar-refractivity contribution in [1.82, 2.24) is 4.98 Å². The number of pyridine rings is 1. The Labute approximate surface area is 157 Å². The first-order valence-corrected chi connectivity index (χ1v) is 8.91. The minimum atomic E-state index is -0.244. The van der Waals surface area contributed by atoms with Gasteiger partial charge in [0.15, 0.2) is 0 Å². The molecule has 0 spiro atoms. The van der Waals surface area contributed by atoms with Crippen molar-refractivity contribution in [3.8, 4) is 0 Å². The van der Waals surface area contributed by atoms with Gasteiger partial charge in [-0.15, -0.1) is 0 Å². The molecule has 0 bridgehead atoms. The van der Waals surface area contributed by atoms with Gasteiger partial charge in [-0.1, -0.05) is 41.9 Å². The Kier molecular flexibility index (Phi) is 4.59. The van der Waals surface area contributed by atoms with Crippen LogP contribution in [-0.4, -0.2) is 17.4 Å². The van der Waals surface area contributed by atoms with E-state index in [0.29, 0.717) is 16.4 Å². The molecule has 3 aromatic rings. The molecule has 0 unspecified atom stereocenters. The molecule has 1 amide bonds. The molecule has 2 heterocycles. The molecule has 1 aliphatic rings. The molecule has 4 rings (SSSR count). The van der Waals surface area contributed by atoms with Gasteiger partial charge in [0.2, 0.25) is 0 Å². The minimum Gasteiger partial charge on any atom is -0.367 e. The van der Waals surface area contributed by atoms with Crippen LogP contribution in [0.1, 0.15) is 21.6 Å². The van der Waals surface area contributed by atoms with Crippen LogP contribution >= 0.6 is 11.6 Å². The molecule has 0 saturated carbocycles. The van der Waals surface area contributed by atoms with E-state index in [4.69, 9.17) is 11.6 Å². The summed E-state index contributed by atoms with van der Waals surface area (Å²) in [5, 5.41) is 3.42. The number of halogens is 1. The number of rotatable bonds is 3. The van der Waals surface area contributed by atoms with E-state index in [-0.39, 0.29) is 5.91 Å². The molecule has 4 nitrogen and oxygen atoms in total. The van der Waals surface area contributed by atoms with Gasteiger partial charge in [0, 0.05) is 35.7 Å². The molecule has 0 fully saturated rings. The van der Waals surface area contributed by atoms with Gasteiger partial charge in [0.05, 0.1) is 0 Å². The molecular formula is C21H18ClN3O. The number of aromatic nitrogens is 1. The van der Waals surface area contributed by atoms with E-state index >= 15 is 0 Å². The first-order valence-electron chi connectivity index (χ1n) is 8.54. The lowest BCUT2D eigenvalue weighted by Gasteiger charge is -2.30. The van der Waals surface area contributed by atoms with Gasteiger partial charge in [0.1, 0.15) is 5.69 Å². The van der Waals surface area contributed by atoms with E-state index in [0.717, 1.165) is 25.2 Å². The summed E-state index contributed by atoms with van der Waals surface area (Å²) in [5.74, 6) is -0.244. The van der Waals surface area contributed by atoms with E-state index in [1.165, 1.54) is 11.1 Å². The summed E-state index contributed by atoms with van der Waals surface area (Å²) in [7, 11) is 0. The Morgan fingerprint density at radius 3 is 2.73 bits per heavy atom. The maximum atomic E-state index is 12.5. The van der Waals surface area contributed by atoms with E-state index in [9.17, 15) is 4.79 Å². The van der Waals surface area contributed by atoms with Crippen molar-refractivity contribution >= 4 is 28.9 Å². The van der Waals surface area contributed by atoms with Crippen LogP contribution in [-0.2, 0) is 13.0 Å². The van der Waals surface area contributed by atoms with Crippen LogP contribution in [0.25, 0.3) is 0 Å². The van der Waals surface area contributed by atoms with Crippen LogP contribution in [0.2, 0.25) is 5.02 Å². The molecule has 2 aromatic carbocycles. The number of nitrogens with one attached hydrogen (secondary N) is 1. The SMILES string of the molecule is O=C(Nc1cccc(Cl)c1)c1cc(N2CCc3ccccc3C2)ccn1. The zero-order valence-electron chi connectivity index (χ0n) is 14.2. The lowest BCUT2D eigenvalue weighted by Crippen LogP contribution is -2.30. The Bertz CT molecular complexity index is 957. The molecule has 1 N–H and O–H groups in total. The third kappa shape index (κ3) is 3.55. The smallest absolute Gasteiger partial charge is 0.274 e. The lowest BCUT2D eigenvalue weighted by molar-refractivity contribution is 0.102. The summed E-state index contributed by atoms with van der Waals surface area (Å²) in [6.07, 6.45) is 2.69. The summed E-state index contributed by atoms with van der Waals surface area (Å²) >= 11 is 5.97. The molecule has 5 heteroatoms. The predicted molar refractivity (Wildman–Crippen MR) is 105 cm³/mol. The molecule has 1 aliphatic heterocycles. The molecule has 130 valence electrons. The standard InChI is InChI=1S/C21H18ClN3O/c22-17-6-3-7-18(12-17)24-21(26)20-13-19(8-10-23-20)25-11-9-15-4-1-2-5-16(15)14-25/h1-8,10,12-13H,9,11,14H2,(H,24,26). The second kappa shape index (κ2) is 7.18. The largest absolute Gasteiger partial charge is 0.367 e. The van der Waals surface area contributed by atoms with Crippen molar-refractivity contribution in [2.75, 3.05) is 16.8 Å². The van der Waals surface area contributed by atoms with Crippen LogP contribution in [0.3, 0.4) is 0 Å². The monoisotopic (exact) mass is 363 g/mol. The van der Waals surface area contributed by atoms with Crippen molar-refractivity contribution in [2.45, 2.75) is 13.0 Å². The number of carbonyl (C=O) groups is 1. The number of hydrogen-bond donors (Lipinski definition) is 1. The minimum absolute atomic E-state index is 0.244. The highest BCUT2D eigenvalue weighted by Gasteiger charge is 2.17. The maximum absolute atomic E-state index is 12.5. The summed E-state index contributed by atoms with van der Waals surface area (Å²) in [4.78, 5) is 19.0. The van der Waals surface area contributed by atoms with E-state index in [1.807, 2.05) is 12.1 Å². The molecule has 0 radical (unpaired) electrons. The van der Waals surface area contributed by atoms with Gasteiger partial charge < -0.3 is 10.2 Å². The quantitative estimate of drug-likeness (QED) is 0.742. The zero-order chi connectivity index (χ0) is 17.9. The third-order valence-corrected chi connectivity index (χ3v) is 4.79. The first kappa shape index (κ1) is 16.6. The predicted octanol–water partition coefficient (Wildman–Crippen LogP) is 4.55. The van der Waals surface area contributed by atoms with Crippen LogP contribution in [0.5, 0.6) is 0 Å². The van der Waals surface area contributed by atoms with Crippen LogP contribution < -0.4 is 10.2 Å². The van der Waals surface area contributed by atoms with Crippen LogP contribution in [0, 0.1) is 0 Å². The second-order valence-corrected chi connectivity index (χ2v) is 6.74. The van der Waals surface area contributed by atoms with Gasteiger partial charge in [-0.05, 0) is 47.9 Å². The van der Waals surface area contributed by atoms with Crippen LogP contribution in [0.4, 0.5) is 11.4 Å². The number of anilines is 2. The second-order valence-electron chi connectivity index (χ2n) is 6.30. The number of hydrogen-bond acceptors (Lipinski definition) is 3. The Morgan fingerprint density at radius 2 is 1.88 bits per heavy atom. The molecule has 0 aliphatic carbocycles. The zero-order valence-corrected chi connectivity index (χ0v) is 14.9. The molecule has 0 saturated heterocycles. The molecule has 0 atom stereocenters. The number of benzene rings is 2. The Balaban J connectivity index is 1.53. The fourth-order valence-electron chi connectivity index (χ4n) is 3.22. The molecular weight excluding hydrogens is 346 g/mol. The highest BCUT2D eigenvalue weighted by Crippen LogP contribution is 2.25. The van der Waals surface area contributed by atoms with E-state index < -0.39 is 0 Å². The van der Waals surface area contributed by atoms with Crippen molar-refractivity contribution in [3.05, 3.63) is 88.7 Å². The Morgan fingerprint density at radius 1 is 1.04 bits per heavy atom. The maximum Gasteiger partial charge on any atom is 0.274 e.